The number of benzene rings is 2. The number of hydrogen-bond donors (Lipinski definition) is 3. The maximum Gasteiger partial charge on any atom is 0.260 e. The zero-order chi connectivity index (χ0) is 22.8. The number of para-hydroxylation sites is 1. The Kier molecular flexibility index (Phi) is 5.97. The first-order chi connectivity index (χ1) is 16.1. The Hall–Kier alpha value is -3.43. The molecule has 3 N–H and O–H groups in total. The van der Waals surface area contributed by atoms with E-state index in [9.17, 15) is 14.0 Å². The summed E-state index contributed by atoms with van der Waals surface area (Å²) >= 11 is 2.53. The number of fused-ring (bicyclic) bond motifs is 2. The van der Waals surface area contributed by atoms with Gasteiger partial charge in [0.15, 0.2) is 5.16 Å². The number of halogens is 1. The van der Waals surface area contributed by atoms with Crippen LogP contribution >= 0.6 is 23.1 Å². The first-order valence-electron chi connectivity index (χ1n) is 10.3. The Morgan fingerprint density at radius 1 is 1.15 bits per heavy atom. The second kappa shape index (κ2) is 9.21. The Balaban J connectivity index is 1.21. The number of aromatic amines is 2. The predicted molar refractivity (Wildman–Crippen MR) is 131 cm³/mol. The summed E-state index contributed by atoms with van der Waals surface area (Å²) in [6, 6.07) is 14.1. The van der Waals surface area contributed by atoms with Crippen LogP contribution in [0.1, 0.15) is 5.56 Å². The number of carbonyl (C=O) groups excluding carboxylic acids is 1. The lowest BCUT2D eigenvalue weighted by Gasteiger charge is -2.05. The molecule has 0 atom stereocenters. The minimum atomic E-state index is -0.330. The first kappa shape index (κ1) is 21.4. The molecule has 1 amide bonds. The second-order valence-corrected chi connectivity index (χ2v) is 9.28. The smallest absolute Gasteiger partial charge is 0.260 e. The van der Waals surface area contributed by atoms with Crippen LogP contribution in [0.4, 0.5) is 4.39 Å². The highest BCUT2D eigenvalue weighted by Gasteiger charge is 2.14. The molecule has 3 heterocycles. The monoisotopic (exact) mass is 478 g/mol. The van der Waals surface area contributed by atoms with Crippen molar-refractivity contribution in [2.75, 3.05) is 12.3 Å². The molecule has 0 aliphatic carbocycles. The summed E-state index contributed by atoms with van der Waals surface area (Å²) < 4.78 is 13.2. The zero-order valence-corrected chi connectivity index (χ0v) is 19.0. The van der Waals surface area contributed by atoms with Gasteiger partial charge in [-0.1, -0.05) is 42.1 Å². The maximum absolute atomic E-state index is 13.2. The molecular formula is C24H19FN4O2S2. The minimum absolute atomic E-state index is 0.124. The SMILES string of the molecule is O=C(CSc1nc2scc(-c3ccc(F)cc3)c2c(=O)[nH]1)NCCc1c[nH]c2ccccc12. The van der Waals surface area contributed by atoms with E-state index in [1.54, 1.807) is 12.1 Å². The van der Waals surface area contributed by atoms with Gasteiger partial charge in [0.05, 0.1) is 11.1 Å². The van der Waals surface area contributed by atoms with Gasteiger partial charge in [-0.25, -0.2) is 9.37 Å². The van der Waals surface area contributed by atoms with Gasteiger partial charge in [-0.2, -0.15) is 0 Å². The van der Waals surface area contributed by atoms with Crippen molar-refractivity contribution in [2.24, 2.45) is 0 Å². The molecule has 5 aromatic rings. The minimum Gasteiger partial charge on any atom is -0.361 e. The van der Waals surface area contributed by atoms with Crippen LogP contribution in [0.5, 0.6) is 0 Å². The van der Waals surface area contributed by atoms with Crippen molar-refractivity contribution < 1.29 is 9.18 Å². The number of nitrogens with one attached hydrogen (secondary N) is 3. The molecule has 0 bridgehead atoms. The number of amides is 1. The summed E-state index contributed by atoms with van der Waals surface area (Å²) in [6.45, 7) is 0.524. The van der Waals surface area contributed by atoms with Crippen LogP contribution in [-0.4, -0.2) is 33.2 Å². The molecule has 5 rings (SSSR count). The molecule has 0 saturated heterocycles. The lowest BCUT2D eigenvalue weighted by atomic mass is 10.1. The second-order valence-electron chi connectivity index (χ2n) is 7.46. The Bertz CT molecular complexity index is 1500. The van der Waals surface area contributed by atoms with E-state index in [1.165, 1.54) is 35.2 Å². The van der Waals surface area contributed by atoms with Crippen LogP contribution in [0.2, 0.25) is 0 Å². The number of hydrogen-bond acceptors (Lipinski definition) is 5. The third-order valence-corrected chi connectivity index (χ3v) is 7.05. The standard InChI is InChI=1S/C24H19FN4O2S2/c25-16-7-5-14(6-8-16)18-12-32-23-21(18)22(31)28-24(29-23)33-13-20(30)26-10-9-15-11-27-19-4-2-1-3-17(15)19/h1-8,11-12,27H,9-10,13H2,(H,26,30)(H,28,29,31). The lowest BCUT2D eigenvalue weighted by Crippen LogP contribution is -2.27. The van der Waals surface area contributed by atoms with Crippen molar-refractivity contribution >= 4 is 50.1 Å². The maximum atomic E-state index is 13.2. The van der Waals surface area contributed by atoms with E-state index in [2.05, 4.69) is 26.3 Å². The number of H-pyrrole nitrogens is 2. The number of aromatic nitrogens is 3. The van der Waals surface area contributed by atoms with Gasteiger partial charge in [-0.15, -0.1) is 11.3 Å². The van der Waals surface area contributed by atoms with E-state index in [4.69, 9.17) is 0 Å². The summed E-state index contributed by atoms with van der Waals surface area (Å²) in [6.07, 6.45) is 2.69. The van der Waals surface area contributed by atoms with Crippen LogP contribution < -0.4 is 10.9 Å². The summed E-state index contributed by atoms with van der Waals surface area (Å²) in [4.78, 5) is 36.1. The van der Waals surface area contributed by atoms with Gasteiger partial charge in [0.25, 0.3) is 5.56 Å². The third-order valence-electron chi connectivity index (χ3n) is 5.31. The van der Waals surface area contributed by atoms with Crippen molar-refractivity contribution in [1.29, 1.82) is 0 Å². The van der Waals surface area contributed by atoms with E-state index in [-0.39, 0.29) is 23.0 Å². The quantitative estimate of drug-likeness (QED) is 0.233. The molecule has 0 aliphatic heterocycles. The van der Waals surface area contributed by atoms with Crippen molar-refractivity contribution in [1.82, 2.24) is 20.3 Å². The number of thioether (sulfide) groups is 1. The fourth-order valence-electron chi connectivity index (χ4n) is 3.70. The van der Waals surface area contributed by atoms with Gasteiger partial charge in [-0.05, 0) is 35.7 Å². The molecule has 0 saturated carbocycles. The summed E-state index contributed by atoms with van der Waals surface area (Å²) in [5, 5.41) is 6.78. The van der Waals surface area contributed by atoms with Crippen molar-refractivity contribution in [3.63, 3.8) is 0 Å². The van der Waals surface area contributed by atoms with Crippen LogP contribution in [0, 0.1) is 5.82 Å². The molecule has 0 fully saturated rings. The van der Waals surface area contributed by atoms with Gasteiger partial charge in [0.1, 0.15) is 10.6 Å². The normalized spacial score (nSPS) is 11.3. The Morgan fingerprint density at radius 3 is 2.82 bits per heavy atom. The van der Waals surface area contributed by atoms with Gasteiger partial charge in [0, 0.05) is 34.6 Å². The van der Waals surface area contributed by atoms with E-state index in [0.29, 0.717) is 21.9 Å². The van der Waals surface area contributed by atoms with Gasteiger partial charge in [0.2, 0.25) is 5.91 Å². The molecule has 0 aliphatic rings. The summed E-state index contributed by atoms with van der Waals surface area (Å²) in [5.41, 5.74) is 3.43. The number of carbonyl (C=O) groups is 1. The van der Waals surface area contributed by atoms with E-state index >= 15 is 0 Å². The predicted octanol–water partition coefficient (Wildman–Crippen LogP) is 4.72. The van der Waals surface area contributed by atoms with Gasteiger partial charge >= 0.3 is 0 Å². The van der Waals surface area contributed by atoms with E-state index in [1.807, 2.05) is 29.8 Å². The van der Waals surface area contributed by atoms with Crippen molar-refractivity contribution in [3.8, 4) is 11.1 Å². The van der Waals surface area contributed by atoms with E-state index in [0.717, 1.165) is 34.0 Å². The third kappa shape index (κ3) is 4.55. The highest BCUT2D eigenvalue weighted by molar-refractivity contribution is 7.99. The highest BCUT2D eigenvalue weighted by atomic mass is 32.2. The molecule has 6 nitrogen and oxygen atoms in total. The molecule has 9 heteroatoms. The van der Waals surface area contributed by atoms with Gasteiger partial charge < -0.3 is 15.3 Å². The molecular weight excluding hydrogens is 459 g/mol. The number of thiophene rings is 1. The Morgan fingerprint density at radius 2 is 1.97 bits per heavy atom. The summed E-state index contributed by atoms with van der Waals surface area (Å²) in [7, 11) is 0. The lowest BCUT2D eigenvalue weighted by molar-refractivity contribution is -0.118. The first-order valence-corrected chi connectivity index (χ1v) is 12.2. The molecule has 33 heavy (non-hydrogen) atoms. The van der Waals surface area contributed by atoms with Crippen LogP contribution in [-0.2, 0) is 11.2 Å². The fraction of sp³-hybridized carbons (Fsp3) is 0.125. The molecule has 0 radical (unpaired) electrons. The van der Waals surface area contributed by atoms with Crippen LogP contribution in [0.15, 0.2) is 70.1 Å². The van der Waals surface area contributed by atoms with Crippen LogP contribution in [0.3, 0.4) is 0 Å². The van der Waals surface area contributed by atoms with Gasteiger partial charge in [-0.3, -0.25) is 9.59 Å². The van der Waals surface area contributed by atoms with Crippen molar-refractivity contribution in [2.45, 2.75) is 11.6 Å². The summed E-state index contributed by atoms with van der Waals surface area (Å²) in [5.74, 6) is -0.303. The molecule has 3 aromatic heterocycles. The largest absolute Gasteiger partial charge is 0.361 e. The molecule has 2 aromatic carbocycles. The average Bonchev–Trinajstić information content (AvgIpc) is 3.43. The Labute approximate surface area is 196 Å². The topological polar surface area (TPSA) is 90.6 Å². The molecule has 0 spiro atoms. The van der Waals surface area contributed by atoms with Crippen LogP contribution in [0.25, 0.3) is 32.2 Å². The number of nitrogens with zero attached hydrogens (tertiary/aromatic N) is 1. The van der Waals surface area contributed by atoms with E-state index < -0.39 is 0 Å². The van der Waals surface area contributed by atoms with Crippen molar-refractivity contribution in [3.05, 3.63) is 81.8 Å². The number of rotatable bonds is 7. The molecule has 166 valence electrons. The average molecular weight is 479 g/mol. The zero-order valence-electron chi connectivity index (χ0n) is 17.4. The fourth-order valence-corrected chi connectivity index (χ4v) is 5.40. The highest BCUT2D eigenvalue weighted by Crippen LogP contribution is 2.31. The molecule has 0 unspecified atom stereocenters.